The zero-order valence-corrected chi connectivity index (χ0v) is 48.4. The van der Waals surface area contributed by atoms with Crippen molar-refractivity contribution >= 4 is 47.8 Å². The van der Waals surface area contributed by atoms with E-state index in [-0.39, 0.29) is 0 Å². The van der Waals surface area contributed by atoms with Crippen LogP contribution in [-0.2, 0) is 0 Å². The molecule has 6 nitrogen and oxygen atoms in total. The van der Waals surface area contributed by atoms with Crippen molar-refractivity contribution in [2.24, 2.45) is 0 Å². The first kappa shape index (κ1) is 60.1. The molecule has 0 fully saturated rings. The first-order valence-electron chi connectivity index (χ1n) is 28.4. The topological polar surface area (TPSA) is 6.48 Å². The van der Waals surface area contributed by atoms with Crippen molar-refractivity contribution in [1.82, 2.24) is 0 Å². The fraction of sp³-hybridized carbons (Fsp3) is 0.545. The fourth-order valence-corrected chi connectivity index (χ4v) is 9.32. The Bertz CT molecular complexity index is 1910. The van der Waals surface area contributed by atoms with Crippen molar-refractivity contribution in [3.8, 4) is 0 Å². The molecule has 396 valence electrons. The molecular weight excluding hydrogens is 877 g/mol. The standard InChI is InChI=1S/C66H106N6/c1-69(2,3)55-25-17-13-21-51-67(52-22-14-18-26-56-70(4,5)6)65-47-43-63(44-48-65)41-39-61-35-31-59(32-36-61)29-30-60-33-37-62(38-34-60)40-42-64-45-49-66(50-46-64)68(53-23-15-19-27-57-71(7,8)9)54-24-16-20-28-58-72(10,11)12/h29-50H,13-28,51-58H2,1-12H3/q+4. The summed E-state index contributed by atoms with van der Waals surface area (Å²) in [6.45, 7) is 9.62. The SMILES string of the molecule is C[N+](C)(C)CCCCCCN(CCCCCC[N+](C)(C)C)c1ccc(C=Cc2ccc(C=Cc3ccc(C=Cc4ccc(N(CCCCCC[N+](C)(C)C)CCCCCC[N+](C)(C)C)cc4)cc3)cc2)cc1. The summed E-state index contributed by atoms with van der Waals surface area (Å²) in [5.74, 6) is 0. The highest BCUT2D eigenvalue weighted by molar-refractivity contribution is 5.75. The maximum Gasteiger partial charge on any atom is 0.0780 e. The second-order valence-corrected chi connectivity index (χ2v) is 25.2. The summed E-state index contributed by atoms with van der Waals surface area (Å²) in [7, 11) is 27.6. The molecule has 72 heavy (non-hydrogen) atoms. The number of hydrogen-bond donors (Lipinski definition) is 0. The van der Waals surface area contributed by atoms with Crippen molar-refractivity contribution in [2.75, 3.05) is 147 Å². The van der Waals surface area contributed by atoms with E-state index in [2.05, 4.69) is 228 Å². The van der Waals surface area contributed by atoms with Gasteiger partial charge in [0, 0.05) is 37.6 Å². The lowest BCUT2D eigenvalue weighted by atomic mass is 10.1. The van der Waals surface area contributed by atoms with Crippen molar-refractivity contribution in [3.63, 3.8) is 0 Å². The van der Waals surface area contributed by atoms with Crippen molar-refractivity contribution in [1.29, 1.82) is 0 Å². The van der Waals surface area contributed by atoms with Gasteiger partial charge in [0.15, 0.2) is 0 Å². The molecule has 0 spiro atoms. The molecule has 4 rings (SSSR count). The molecule has 4 aromatic rings. The predicted molar refractivity (Wildman–Crippen MR) is 322 cm³/mol. The van der Waals surface area contributed by atoms with E-state index < -0.39 is 0 Å². The molecule has 0 saturated carbocycles. The molecular formula is C66H106N6+4. The van der Waals surface area contributed by atoms with Crippen LogP contribution in [0.25, 0.3) is 36.5 Å². The van der Waals surface area contributed by atoms with Crippen LogP contribution in [0.2, 0.25) is 0 Å². The smallest absolute Gasteiger partial charge is 0.0780 e. The monoisotopic (exact) mass is 983 g/mol. The highest BCUT2D eigenvalue weighted by atomic mass is 15.3. The fourth-order valence-electron chi connectivity index (χ4n) is 9.32. The zero-order valence-electron chi connectivity index (χ0n) is 48.4. The molecule has 0 atom stereocenters. The highest BCUT2D eigenvalue weighted by Gasteiger charge is 2.12. The number of anilines is 2. The Balaban J connectivity index is 1.26. The molecule has 4 aromatic carbocycles. The lowest BCUT2D eigenvalue weighted by Gasteiger charge is -2.26. The molecule has 0 N–H and O–H groups in total. The van der Waals surface area contributed by atoms with Crippen LogP contribution in [0.3, 0.4) is 0 Å². The number of unbranched alkanes of at least 4 members (excludes halogenated alkanes) is 12. The second-order valence-electron chi connectivity index (χ2n) is 25.2. The molecule has 6 heteroatoms. The van der Waals surface area contributed by atoms with Gasteiger partial charge >= 0.3 is 0 Å². The number of rotatable bonds is 36. The number of benzene rings is 4. The first-order chi connectivity index (χ1) is 34.2. The molecule has 0 aliphatic carbocycles. The van der Waals surface area contributed by atoms with E-state index in [0.29, 0.717) is 0 Å². The molecule has 0 amide bonds. The van der Waals surface area contributed by atoms with Crippen LogP contribution in [0.4, 0.5) is 11.4 Å². The molecule has 0 saturated heterocycles. The van der Waals surface area contributed by atoms with Gasteiger partial charge in [0.1, 0.15) is 0 Å². The van der Waals surface area contributed by atoms with Gasteiger partial charge in [-0.25, -0.2) is 0 Å². The Morgan fingerprint density at radius 1 is 0.236 bits per heavy atom. The minimum absolute atomic E-state index is 1.06. The first-order valence-corrected chi connectivity index (χ1v) is 28.4. The predicted octanol–water partition coefficient (Wildman–Crippen LogP) is 14.9. The number of quaternary nitrogens is 4. The van der Waals surface area contributed by atoms with Gasteiger partial charge in [0.25, 0.3) is 0 Å². The molecule has 0 aliphatic rings. The van der Waals surface area contributed by atoms with E-state index >= 15 is 0 Å². The molecule has 0 heterocycles. The van der Waals surface area contributed by atoms with Gasteiger partial charge in [-0.3, -0.25) is 0 Å². The Morgan fingerprint density at radius 2 is 0.403 bits per heavy atom. The molecule has 0 radical (unpaired) electrons. The summed E-state index contributed by atoms with van der Waals surface area (Å²) in [4.78, 5) is 5.29. The van der Waals surface area contributed by atoms with E-state index in [1.165, 1.54) is 174 Å². The molecule has 0 unspecified atom stereocenters. The van der Waals surface area contributed by atoms with Crippen LogP contribution in [-0.4, -0.2) is 155 Å². The maximum absolute atomic E-state index is 2.65. The summed E-state index contributed by atoms with van der Waals surface area (Å²) >= 11 is 0. The minimum Gasteiger partial charge on any atom is -0.372 e. The van der Waals surface area contributed by atoms with E-state index in [0.717, 1.165) is 44.1 Å². The second kappa shape index (κ2) is 31.3. The van der Waals surface area contributed by atoms with Gasteiger partial charge in [0.05, 0.1) is 111 Å². The van der Waals surface area contributed by atoms with Crippen LogP contribution >= 0.6 is 0 Å². The number of nitrogens with zero attached hydrogens (tertiary/aromatic N) is 6. The lowest BCUT2D eigenvalue weighted by Crippen LogP contribution is -2.35. The zero-order chi connectivity index (χ0) is 52.3. The molecule has 0 bridgehead atoms. The highest BCUT2D eigenvalue weighted by Crippen LogP contribution is 2.23. The number of hydrogen-bond acceptors (Lipinski definition) is 2. The van der Waals surface area contributed by atoms with Crippen molar-refractivity contribution < 1.29 is 17.9 Å². The molecule has 0 aromatic heterocycles. The van der Waals surface area contributed by atoms with Crippen LogP contribution < -0.4 is 9.80 Å². The van der Waals surface area contributed by atoms with Gasteiger partial charge in [0.2, 0.25) is 0 Å². The van der Waals surface area contributed by atoms with E-state index in [1.54, 1.807) is 0 Å². The average Bonchev–Trinajstić information content (AvgIpc) is 3.32. The largest absolute Gasteiger partial charge is 0.372 e. The average molecular weight is 984 g/mol. The maximum atomic E-state index is 2.65. The Labute approximate surface area is 443 Å². The summed E-state index contributed by atoms with van der Waals surface area (Å²) in [5, 5.41) is 0. The van der Waals surface area contributed by atoms with Gasteiger partial charge in [-0.2, -0.15) is 0 Å². The molecule has 0 aliphatic heterocycles. The van der Waals surface area contributed by atoms with Gasteiger partial charge in [-0.05, 0) is 135 Å². The summed E-state index contributed by atoms with van der Waals surface area (Å²) < 4.78 is 4.25. The lowest BCUT2D eigenvalue weighted by molar-refractivity contribution is -0.870. The quantitative estimate of drug-likeness (QED) is 0.0255. The summed E-state index contributed by atoms with van der Waals surface area (Å²) in [5.41, 5.74) is 10.0. The van der Waals surface area contributed by atoms with Crippen LogP contribution in [0, 0.1) is 0 Å². The van der Waals surface area contributed by atoms with Crippen LogP contribution in [0.15, 0.2) is 97.1 Å². The van der Waals surface area contributed by atoms with E-state index in [4.69, 9.17) is 0 Å². The van der Waals surface area contributed by atoms with Gasteiger partial charge in [-0.15, -0.1) is 0 Å². The summed E-state index contributed by atoms with van der Waals surface area (Å²) in [6.07, 6.45) is 34.3. The third-order valence-corrected chi connectivity index (χ3v) is 13.8. The Kier molecular flexibility index (Phi) is 26.1. The van der Waals surface area contributed by atoms with Crippen molar-refractivity contribution in [3.05, 3.63) is 130 Å². The van der Waals surface area contributed by atoms with Gasteiger partial charge < -0.3 is 27.7 Å². The van der Waals surface area contributed by atoms with Gasteiger partial charge in [-0.1, -0.05) is 135 Å². The summed E-state index contributed by atoms with van der Waals surface area (Å²) in [6, 6.07) is 36.3. The normalized spacial score (nSPS) is 12.8. The van der Waals surface area contributed by atoms with Crippen LogP contribution in [0.5, 0.6) is 0 Å². The van der Waals surface area contributed by atoms with Crippen LogP contribution in [0.1, 0.15) is 136 Å². The Morgan fingerprint density at radius 3 is 0.583 bits per heavy atom. The van der Waals surface area contributed by atoms with E-state index in [1.807, 2.05) is 0 Å². The third-order valence-electron chi connectivity index (χ3n) is 13.8. The third kappa shape index (κ3) is 28.1. The van der Waals surface area contributed by atoms with E-state index in [9.17, 15) is 0 Å². The minimum atomic E-state index is 1.06. The van der Waals surface area contributed by atoms with Crippen molar-refractivity contribution in [2.45, 2.75) is 103 Å². The Hall–Kier alpha value is -4.46.